The van der Waals surface area contributed by atoms with Crippen molar-refractivity contribution in [2.75, 3.05) is 18.5 Å². The summed E-state index contributed by atoms with van der Waals surface area (Å²) in [6.45, 7) is -0.250. The van der Waals surface area contributed by atoms with Gasteiger partial charge in [0.15, 0.2) is 0 Å². The molecule has 0 saturated heterocycles. The molecule has 0 spiro atoms. The van der Waals surface area contributed by atoms with E-state index in [2.05, 4.69) is 15.5 Å². The average molecular weight is 272 g/mol. The van der Waals surface area contributed by atoms with E-state index in [-0.39, 0.29) is 18.8 Å². The van der Waals surface area contributed by atoms with Crippen molar-refractivity contribution in [2.24, 2.45) is 0 Å². The predicted molar refractivity (Wildman–Crippen MR) is 71.6 cm³/mol. The lowest BCUT2D eigenvalue weighted by molar-refractivity contribution is -0.137. The van der Waals surface area contributed by atoms with Gasteiger partial charge >= 0.3 is 0 Å². The van der Waals surface area contributed by atoms with Crippen molar-refractivity contribution in [3.63, 3.8) is 0 Å². The molecule has 1 aliphatic rings. The number of nitrogens with one attached hydrogen (secondary N) is 2. The Kier molecular flexibility index (Phi) is 2.96. The largest absolute Gasteiger partial charge is 0.395 e. The number of β-amino-alcohol motifs (C(OH)–C–C–N with tert-alkyl or cyclic N) is 1. The SMILES string of the molecule is O=C1C=C(Nc2ccc3[nH]ncc3c2)C(=O)N1CCO. The maximum atomic E-state index is 12.0. The van der Waals surface area contributed by atoms with E-state index < -0.39 is 11.8 Å². The van der Waals surface area contributed by atoms with E-state index in [9.17, 15) is 9.59 Å². The number of hydrogen-bond donors (Lipinski definition) is 3. The number of rotatable bonds is 4. The number of amides is 2. The van der Waals surface area contributed by atoms with Gasteiger partial charge in [0.25, 0.3) is 11.8 Å². The third-order valence-electron chi connectivity index (χ3n) is 3.05. The molecule has 2 heterocycles. The van der Waals surface area contributed by atoms with E-state index in [1.807, 2.05) is 12.1 Å². The summed E-state index contributed by atoms with van der Waals surface area (Å²) in [7, 11) is 0. The number of benzene rings is 1. The standard InChI is InChI=1S/C13H12N4O3/c18-4-3-17-12(19)6-11(13(17)20)15-9-1-2-10-8(5-9)7-14-16-10/h1-2,5-7,15,18H,3-4H2,(H,14,16). The van der Waals surface area contributed by atoms with E-state index in [0.29, 0.717) is 5.69 Å². The van der Waals surface area contributed by atoms with Crippen molar-refractivity contribution < 1.29 is 14.7 Å². The van der Waals surface area contributed by atoms with Gasteiger partial charge in [-0.2, -0.15) is 5.10 Å². The summed E-state index contributed by atoms with van der Waals surface area (Å²) in [6, 6.07) is 5.44. The number of nitrogens with zero attached hydrogens (tertiary/aromatic N) is 2. The first-order valence-electron chi connectivity index (χ1n) is 6.07. The van der Waals surface area contributed by atoms with Crippen LogP contribution in [0.4, 0.5) is 5.69 Å². The Morgan fingerprint density at radius 3 is 3.00 bits per heavy atom. The van der Waals surface area contributed by atoms with Gasteiger partial charge in [0, 0.05) is 17.1 Å². The molecule has 3 N–H and O–H groups in total. The zero-order chi connectivity index (χ0) is 14.1. The number of H-pyrrole nitrogens is 1. The number of aliphatic hydroxyl groups excluding tert-OH is 1. The second kappa shape index (κ2) is 4.78. The lowest BCUT2D eigenvalue weighted by Gasteiger charge is -2.13. The van der Waals surface area contributed by atoms with Crippen molar-refractivity contribution in [2.45, 2.75) is 0 Å². The maximum absolute atomic E-state index is 12.0. The molecule has 0 radical (unpaired) electrons. The van der Waals surface area contributed by atoms with Crippen LogP contribution in [0.1, 0.15) is 0 Å². The minimum atomic E-state index is -0.434. The Balaban J connectivity index is 1.82. The van der Waals surface area contributed by atoms with Crippen LogP contribution in [-0.2, 0) is 9.59 Å². The fourth-order valence-corrected chi connectivity index (χ4v) is 2.09. The van der Waals surface area contributed by atoms with Crippen molar-refractivity contribution in [3.05, 3.63) is 36.2 Å². The highest BCUT2D eigenvalue weighted by atomic mass is 16.3. The molecule has 2 amide bonds. The number of fused-ring (bicyclic) bond motifs is 1. The summed E-state index contributed by atoms with van der Waals surface area (Å²) in [6.07, 6.45) is 2.91. The molecule has 1 aromatic heterocycles. The molecule has 7 nitrogen and oxygen atoms in total. The molecule has 102 valence electrons. The molecule has 0 saturated carbocycles. The van der Waals surface area contributed by atoms with Crippen molar-refractivity contribution in [1.82, 2.24) is 15.1 Å². The van der Waals surface area contributed by atoms with Crippen molar-refractivity contribution in [3.8, 4) is 0 Å². The quantitative estimate of drug-likeness (QED) is 0.692. The maximum Gasteiger partial charge on any atom is 0.277 e. The zero-order valence-electron chi connectivity index (χ0n) is 10.5. The fraction of sp³-hybridized carbons (Fsp3) is 0.154. The molecule has 1 aromatic carbocycles. The van der Waals surface area contributed by atoms with Crippen LogP contribution < -0.4 is 5.32 Å². The summed E-state index contributed by atoms with van der Waals surface area (Å²) in [5.41, 5.74) is 1.78. The van der Waals surface area contributed by atoms with Crippen LogP contribution in [0.3, 0.4) is 0 Å². The number of carbonyl (C=O) groups excluding carboxylic acids is 2. The van der Waals surface area contributed by atoms with Crippen LogP contribution in [0, 0.1) is 0 Å². The van der Waals surface area contributed by atoms with Gasteiger partial charge in [-0.1, -0.05) is 0 Å². The topological polar surface area (TPSA) is 98.3 Å². The first-order valence-corrected chi connectivity index (χ1v) is 6.07. The molecule has 0 aliphatic carbocycles. The monoisotopic (exact) mass is 272 g/mol. The normalized spacial score (nSPS) is 15.1. The lowest BCUT2D eigenvalue weighted by Crippen LogP contribution is -2.34. The fourth-order valence-electron chi connectivity index (χ4n) is 2.09. The van der Waals surface area contributed by atoms with Gasteiger partial charge in [0.1, 0.15) is 5.70 Å². The molecule has 0 fully saturated rings. The number of carbonyl (C=O) groups is 2. The highest BCUT2D eigenvalue weighted by molar-refractivity contribution is 6.17. The highest BCUT2D eigenvalue weighted by Crippen LogP contribution is 2.20. The molecule has 0 unspecified atom stereocenters. The first-order chi connectivity index (χ1) is 9.69. The zero-order valence-corrected chi connectivity index (χ0v) is 10.5. The van der Waals surface area contributed by atoms with Gasteiger partial charge in [-0.3, -0.25) is 19.6 Å². The number of anilines is 1. The van der Waals surface area contributed by atoms with Gasteiger partial charge in [0.2, 0.25) is 0 Å². The van der Waals surface area contributed by atoms with Crippen LogP contribution in [0.5, 0.6) is 0 Å². The van der Waals surface area contributed by atoms with Crippen LogP contribution >= 0.6 is 0 Å². The van der Waals surface area contributed by atoms with E-state index in [1.54, 1.807) is 12.3 Å². The van der Waals surface area contributed by atoms with Crippen LogP contribution in [0.2, 0.25) is 0 Å². The Hall–Kier alpha value is -2.67. The van der Waals surface area contributed by atoms with Crippen LogP contribution in [0.25, 0.3) is 10.9 Å². The number of aromatic amines is 1. The number of imide groups is 1. The first kappa shape index (κ1) is 12.4. The molecule has 3 rings (SSSR count). The van der Waals surface area contributed by atoms with Crippen molar-refractivity contribution in [1.29, 1.82) is 0 Å². The molecule has 2 aromatic rings. The molecule has 1 aliphatic heterocycles. The summed E-state index contributed by atoms with van der Waals surface area (Å²) in [5.74, 6) is -0.854. The third kappa shape index (κ3) is 2.04. The summed E-state index contributed by atoms with van der Waals surface area (Å²) < 4.78 is 0. The van der Waals surface area contributed by atoms with Gasteiger partial charge in [-0.05, 0) is 18.2 Å². The summed E-state index contributed by atoms with van der Waals surface area (Å²) >= 11 is 0. The number of hydrogen-bond acceptors (Lipinski definition) is 5. The van der Waals surface area contributed by atoms with Gasteiger partial charge in [0.05, 0.1) is 24.9 Å². The molecule has 20 heavy (non-hydrogen) atoms. The Morgan fingerprint density at radius 2 is 2.20 bits per heavy atom. The smallest absolute Gasteiger partial charge is 0.277 e. The Labute approximate surface area is 113 Å². The van der Waals surface area contributed by atoms with Gasteiger partial charge in [-0.25, -0.2) is 0 Å². The second-order valence-corrected chi connectivity index (χ2v) is 4.37. The molecule has 0 atom stereocenters. The van der Waals surface area contributed by atoms with Crippen LogP contribution in [-0.4, -0.2) is 45.2 Å². The Morgan fingerprint density at radius 1 is 1.35 bits per heavy atom. The van der Waals surface area contributed by atoms with E-state index in [1.165, 1.54) is 6.08 Å². The molecule has 7 heteroatoms. The summed E-state index contributed by atoms with van der Waals surface area (Å²) in [4.78, 5) is 24.6. The van der Waals surface area contributed by atoms with Crippen molar-refractivity contribution >= 4 is 28.4 Å². The van der Waals surface area contributed by atoms with Gasteiger partial charge in [-0.15, -0.1) is 0 Å². The van der Waals surface area contributed by atoms with Gasteiger partial charge < -0.3 is 10.4 Å². The predicted octanol–water partition coefficient (Wildman–Crippen LogP) is 0.220. The minimum Gasteiger partial charge on any atom is -0.395 e. The second-order valence-electron chi connectivity index (χ2n) is 4.37. The molecular weight excluding hydrogens is 260 g/mol. The van der Waals surface area contributed by atoms with E-state index in [4.69, 9.17) is 5.11 Å². The highest BCUT2D eigenvalue weighted by Gasteiger charge is 2.30. The Bertz CT molecular complexity index is 719. The summed E-state index contributed by atoms with van der Waals surface area (Å²) in [5, 5.41) is 19.4. The number of aliphatic hydroxyl groups is 1. The van der Waals surface area contributed by atoms with E-state index in [0.717, 1.165) is 15.8 Å². The minimum absolute atomic E-state index is 0.000111. The molecule has 0 bridgehead atoms. The number of aromatic nitrogens is 2. The lowest BCUT2D eigenvalue weighted by atomic mass is 10.2. The molecular formula is C13H12N4O3. The van der Waals surface area contributed by atoms with Crippen LogP contribution in [0.15, 0.2) is 36.2 Å². The van der Waals surface area contributed by atoms with E-state index >= 15 is 0 Å². The third-order valence-corrected chi connectivity index (χ3v) is 3.05. The average Bonchev–Trinajstić information content (AvgIpc) is 2.99.